The van der Waals surface area contributed by atoms with Crippen LogP contribution in [0.15, 0.2) is 17.2 Å². The number of nitrogens with zero attached hydrogens (tertiary/aromatic N) is 3. The van der Waals surface area contributed by atoms with Gasteiger partial charge in [-0.05, 0) is 38.2 Å². The number of thiazole rings is 1. The molecule has 0 radical (unpaired) electrons. The van der Waals surface area contributed by atoms with Crippen molar-refractivity contribution in [1.29, 1.82) is 0 Å². The standard InChI is InChI=1S/C15H16N4S2/c1-9(11-6-20-8-18-11)19-14-13-10-4-2-3-5-12(10)21-15(13)17-7-16-14/h6-9H,2-5H2,1H3,(H,16,17,19). The highest BCUT2D eigenvalue weighted by molar-refractivity contribution is 7.19. The zero-order valence-electron chi connectivity index (χ0n) is 11.8. The zero-order valence-corrected chi connectivity index (χ0v) is 13.4. The lowest BCUT2D eigenvalue weighted by Gasteiger charge is -2.15. The van der Waals surface area contributed by atoms with Crippen LogP contribution in [0.5, 0.6) is 0 Å². The quantitative estimate of drug-likeness (QED) is 0.787. The normalized spacial score (nSPS) is 15.9. The zero-order chi connectivity index (χ0) is 14.2. The van der Waals surface area contributed by atoms with E-state index in [1.165, 1.54) is 35.1 Å². The highest BCUT2D eigenvalue weighted by Crippen LogP contribution is 2.38. The number of fused-ring (bicyclic) bond motifs is 3. The number of aryl methyl sites for hydroxylation is 2. The van der Waals surface area contributed by atoms with Gasteiger partial charge in [0.1, 0.15) is 17.0 Å². The third-order valence-electron chi connectivity index (χ3n) is 4.00. The van der Waals surface area contributed by atoms with E-state index in [1.807, 2.05) is 16.8 Å². The molecule has 0 amide bonds. The number of anilines is 1. The average Bonchev–Trinajstić information content (AvgIpc) is 3.15. The molecule has 6 heteroatoms. The minimum absolute atomic E-state index is 0.161. The first-order valence-corrected chi connectivity index (χ1v) is 8.98. The molecule has 1 aliphatic rings. The minimum Gasteiger partial charge on any atom is -0.361 e. The molecular formula is C15H16N4S2. The number of aromatic nitrogens is 3. The predicted molar refractivity (Wildman–Crippen MR) is 88.2 cm³/mol. The van der Waals surface area contributed by atoms with Gasteiger partial charge in [0.25, 0.3) is 0 Å². The van der Waals surface area contributed by atoms with E-state index in [-0.39, 0.29) is 6.04 Å². The summed E-state index contributed by atoms with van der Waals surface area (Å²) in [6.45, 7) is 2.13. The highest BCUT2D eigenvalue weighted by atomic mass is 32.1. The second-order valence-corrected chi connectivity index (χ2v) is 7.19. The summed E-state index contributed by atoms with van der Waals surface area (Å²) in [4.78, 5) is 16.0. The fraction of sp³-hybridized carbons (Fsp3) is 0.400. The van der Waals surface area contributed by atoms with Crippen molar-refractivity contribution in [3.63, 3.8) is 0 Å². The van der Waals surface area contributed by atoms with E-state index < -0.39 is 0 Å². The molecule has 1 unspecified atom stereocenters. The van der Waals surface area contributed by atoms with Crippen LogP contribution in [0.25, 0.3) is 10.2 Å². The summed E-state index contributed by atoms with van der Waals surface area (Å²) in [6, 6.07) is 0.161. The van der Waals surface area contributed by atoms with Crippen LogP contribution in [0.3, 0.4) is 0 Å². The Kier molecular flexibility index (Phi) is 3.35. The van der Waals surface area contributed by atoms with Crippen LogP contribution >= 0.6 is 22.7 Å². The van der Waals surface area contributed by atoms with Crippen LogP contribution in [-0.4, -0.2) is 15.0 Å². The molecule has 0 saturated heterocycles. The largest absolute Gasteiger partial charge is 0.361 e. The van der Waals surface area contributed by atoms with E-state index in [9.17, 15) is 0 Å². The van der Waals surface area contributed by atoms with E-state index >= 15 is 0 Å². The third-order valence-corrected chi connectivity index (χ3v) is 5.80. The Labute approximate surface area is 131 Å². The van der Waals surface area contributed by atoms with E-state index in [0.717, 1.165) is 22.8 Å². The summed E-state index contributed by atoms with van der Waals surface area (Å²) in [6.07, 6.45) is 6.58. The summed E-state index contributed by atoms with van der Waals surface area (Å²) in [5.74, 6) is 0.958. The van der Waals surface area contributed by atoms with Gasteiger partial charge in [0.05, 0.1) is 22.6 Å². The number of nitrogens with one attached hydrogen (secondary N) is 1. The molecule has 4 rings (SSSR count). The number of thiophene rings is 1. The molecule has 21 heavy (non-hydrogen) atoms. The molecule has 1 aliphatic carbocycles. The Morgan fingerprint density at radius 3 is 2.95 bits per heavy atom. The Balaban J connectivity index is 1.76. The van der Waals surface area contributed by atoms with Gasteiger partial charge >= 0.3 is 0 Å². The van der Waals surface area contributed by atoms with Crippen LogP contribution in [-0.2, 0) is 12.8 Å². The van der Waals surface area contributed by atoms with Crippen molar-refractivity contribution in [2.75, 3.05) is 5.32 Å². The lowest BCUT2D eigenvalue weighted by Crippen LogP contribution is -2.09. The summed E-state index contributed by atoms with van der Waals surface area (Å²) < 4.78 is 0. The molecule has 3 aromatic heterocycles. The van der Waals surface area contributed by atoms with Gasteiger partial charge in [-0.15, -0.1) is 22.7 Å². The van der Waals surface area contributed by atoms with Gasteiger partial charge in [-0.1, -0.05) is 0 Å². The SMILES string of the molecule is CC(Nc1ncnc2sc3c(c12)CCCC3)c1cscn1. The van der Waals surface area contributed by atoms with Crippen molar-refractivity contribution in [3.05, 3.63) is 33.4 Å². The first-order chi connectivity index (χ1) is 10.3. The molecular weight excluding hydrogens is 300 g/mol. The van der Waals surface area contributed by atoms with Crippen molar-refractivity contribution in [2.24, 2.45) is 0 Å². The summed E-state index contributed by atoms with van der Waals surface area (Å²) in [5.41, 5.74) is 4.40. The lowest BCUT2D eigenvalue weighted by atomic mass is 9.97. The Bertz CT molecular complexity index is 763. The van der Waals surface area contributed by atoms with Crippen LogP contribution in [0.1, 0.15) is 41.9 Å². The molecule has 0 aromatic carbocycles. The molecule has 0 aliphatic heterocycles. The van der Waals surface area contributed by atoms with Crippen molar-refractivity contribution in [1.82, 2.24) is 15.0 Å². The Morgan fingerprint density at radius 1 is 1.19 bits per heavy atom. The maximum atomic E-state index is 4.50. The predicted octanol–water partition coefficient (Wildman–Crippen LogP) is 4.20. The molecule has 0 fully saturated rings. The number of hydrogen-bond acceptors (Lipinski definition) is 6. The molecule has 1 atom stereocenters. The topological polar surface area (TPSA) is 50.7 Å². The molecule has 3 aromatic rings. The van der Waals surface area contributed by atoms with Gasteiger partial charge in [0.2, 0.25) is 0 Å². The fourth-order valence-corrected chi connectivity index (χ4v) is 4.79. The Morgan fingerprint density at radius 2 is 2.10 bits per heavy atom. The van der Waals surface area contributed by atoms with E-state index in [0.29, 0.717) is 0 Å². The average molecular weight is 316 g/mol. The van der Waals surface area contributed by atoms with Crippen molar-refractivity contribution in [3.8, 4) is 0 Å². The number of hydrogen-bond donors (Lipinski definition) is 1. The van der Waals surface area contributed by atoms with Crippen LogP contribution in [0.2, 0.25) is 0 Å². The summed E-state index contributed by atoms with van der Waals surface area (Å²) in [7, 11) is 0. The van der Waals surface area contributed by atoms with E-state index in [4.69, 9.17) is 0 Å². The lowest BCUT2D eigenvalue weighted by molar-refractivity contribution is 0.700. The first kappa shape index (κ1) is 13.2. The maximum Gasteiger partial charge on any atom is 0.138 e. The number of rotatable bonds is 3. The van der Waals surface area contributed by atoms with Crippen molar-refractivity contribution >= 4 is 38.7 Å². The molecule has 0 saturated carbocycles. The molecule has 1 N–H and O–H groups in total. The second-order valence-electron chi connectivity index (χ2n) is 5.39. The van der Waals surface area contributed by atoms with Crippen molar-refractivity contribution in [2.45, 2.75) is 38.6 Å². The minimum atomic E-state index is 0.161. The molecule has 3 heterocycles. The molecule has 0 spiro atoms. The monoisotopic (exact) mass is 316 g/mol. The van der Waals surface area contributed by atoms with Crippen LogP contribution in [0.4, 0.5) is 5.82 Å². The van der Waals surface area contributed by atoms with Gasteiger partial charge in [-0.25, -0.2) is 15.0 Å². The Hall–Kier alpha value is -1.53. The molecule has 4 nitrogen and oxygen atoms in total. The van der Waals surface area contributed by atoms with Gasteiger partial charge < -0.3 is 5.32 Å². The molecule has 0 bridgehead atoms. The second kappa shape index (κ2) is 5.35. The highest BCUT2D eigenvalue weighted by Gasteiger charge is 2.20. The summed E-state index contributed by atoms with van der Waals surface area (Å²) >= 11 is 3.46. The van der Waals surface area contributed by atoms with Gasteiger partial charge in [0.15, 0.2) is 0 Å². The van der Waals surface area contributed by atoms with E-state index in [2.05, 4.69) is 32.6 Å². The van der Waals surface area contributed by atoms with Gasteiger partial charge in [0, 0.05) is 10.3 Å². The van der Waals surface area contributed by atoms with Crippen molar-refractivity contribution < 1.29 is 0 Å². The third kappa shape index (κ3) is 2.32. The van der Waals surface area contributed by atoms with E-state index in [1.54, 1.807) is 17.7 Å². The van der Waals surface area contributed by atoms with Gasteiger partial charge in [-0.3, -0.25) is 0 Å². The maximum absolute atomic E-state index is 4.50. The molecule has 108 valence electrons. The fourth-order valence-electron chi connectivity index (χ4n) is 2.91. The van der Waals surface area contributed by atoms with Crippen LogP contribution < -0.4 is 5.32 Å². The van der Waals surface area contributed by atoms with Crippen LogP contribution in [0, 0.1) is 0 Å². The first-order valence-electron chi connectivity index (χ1n) is 7.23. The summed E-state index contributed by atoms with van der Waals surface area (Å²) in [5, 5.41) is 6.84. The smallest absolute Gasteiger partial charge is 0.138 e. The van der Waals surface area contributed by atoms with Gasteiger partial charge in [-0.2, -0.15) is 0 Å².